The first-order chi connectivity index (χ1) is 19.5. The van der Waals surface area contributed by atoms with Gasteiger partial charge in [-0.3, -0.25) is 13.9 Å². The molecule has 0 aromatic heterocycles. The molecule has 1 N–H and O–H groups in total. The minimum Gasteiger partial charge on any atom is -0.354 e. The summed E-state index contributed by atoms with van der Waals surface area (Å²) >= 11 is 6.15. The Morgan fingerprint density at radius 3 is 2.32 bits per heavy atom. The number of carbonyl (C=O) groups is 2. The highest BCUT2D eigenvalue weighted by atomic mass is 35.5. The molecule has 1 atom stereocenters. The molecule has 0 aliphatic carbocycles. The minimum absolute atomic E-state index is 0.000818. The van der Waals surface area contributed by atoms with Crippen LogP contribution in [0.5, 0.6) is 0 Å². The zero-order valence-corrected chi connectivity index (χ0v) is 25.2. The fourth-order valence-corrected chi connectivity index (χ4v) is 5.72. The largest absolute Gasteiger partial charge is 0.354 e. The Labute approximate surface area is 247 Å². The lowest BCUT2D eigenvalue weighted by atomic mass is 10.0. The van der Waals surface area contributed by atoms with Gasteiger partial charge in [0.1, 0.15) is 11.9 Å². The highest BCUT2D eigenvalue weighted by Crippen LogP contribution is 2.27. The number of rotatable bonds is 14. The van der Waals surface area contributed by atoms with Crippen molar-refractivity contribution in [2.24, 2.45) is 0 Å². The summed E-state index contributed by atoms with van der Waals surface area (Å²) in [5.41, 5.74) is 2.75. The summed E-state index contributed by atoms with van der Waals surface area (Å²) in [5, 5.41) is 3.32. The van der Waals surface area contributed by atoms with E-state index in [0.29, 0.717) is 29.2 Å². The van der Waals surface area contributed by atoms with Crippen LogP contribution in [0.1, 0.15) is 42.9 Å². The number of halogens is 2. The summed E-state index contributed by atoms with van der Waals surface area (Å²) in [7, 11) is -3.66. The maximum absolute atomic E-state index is 13.8. The van der Waals surface area contributed by atoms with E-state index in [-0.39, 0.29) is 37.7 Å². The number of nitrogens with one attached hydrogen (secondary N) is 1. The van der Waals surface area contributed by atoms with Crippen molar-refractivity contribution in [2.45, 2.75) is 52.1 Å². The van der Waals surface area contributed by atoms with Gasteiger partial charge in [0.05, 0.1) is 11.9 Å². The van der Waals surface area contributed by atoms with Crippen LogP contribution < -0.4 is 9.62 Å². The standard InChI is InChI=1S/C31H37ClFN3O4S/c1-4-18-34-31(38)29(20-24-9-6-5-7-10-24)35(22-25-13-16-27(33)17-14-25)30(37)11-8-19-36(41(3,39)40)28-21-26(32)15-12-23(28)2/h5-7,9-10,12-17,21,29H,4,8,11,18-20,22H2,1-3H3,(H,34,38)/t29-/m1/s1. The second kappa shape index (κ2) is 15.0. The zero-order chi connectivity index (χ0) is 30.0. The Hall–Kier alpha value is -3.43. The van der Waals surface area contributed by atoms with Crippen LogP contribution in [0.3, 0.4) is 0 Å². The van der Waals surface area contributed by atoms with E-state index in [9.17, 15) is 22.4 Å². The maximum atomic E-state index is 13.8. The van der Waals surface area contributed by atoms with Crippen LogP contribution in [-0.4, -0.2) is 50.5 Å². The number of nitrogens with zero attached hydrogens (tertiary/aromatic N) is 2. The Bertz CT molecular complexity index is 1420. The van der Waals surface area contributed by atoms with E-state index in [2.05, 4.69) is 5.32 Å². The van der Waals surface area contributed by atoms with Gasteiger partial charge in [-0.25, -0.2) is 12.8 Å². The van der Waals surface area contributed by atoms with Gasteiger partial charge < -0.3 is 10.2 Å². The summed E-state index contributed by atoms with van der Waals surface area (Å²) in [4.78, 5) is 28.7. The van der Waals surface area contributed by atoms with Crippen molar-refractivity contribution >= 4 is 39.1 Å². The highest BCUT2D eigenvalue weighted by Gasteiger charge is 2.30. The van der Waals surface area contributed by atoms with E-state index in [1.807, 2.05) is 37.3 Å². The molecule has 0 bridgehead atoms. The van der Waals surface area contributed by atoms with Gasteiger partial charge in [-0.2, -0.15) is 0 Å². The van der Waals surface area contributed by atoms with E-state index in [1.54, 1.807) is 37.3 Å². The maximum Gasteiger partial charge on any atom is 0.243 e. The molecule has 0 saturated heterocycles. The third-order valence-corrected chi connectivity index (χ3v) is 8.09. The van der Waals surface area contributed by atoms with Gasteiger partial charge in [0.25, 0.3) is 0 Å². The molecule has 0 unspecified atom stereocenters. The Kier molecular flexibility index (Phi) is 11.7. The number of sulfonamides is 1. The molecule has 3 aromatic carbocycles. The van der Waals surface area contributed by atoms with Gasteiger partial charge >= 0.3 is 0 Å². The van der Waals surface area contributed by atoms with Crippen molar-refractivity contribution in [1.29, 1.82) is 0 Å². The summed E-state index contributed by atoms with van der Waals surface area (Å²) in [5.74, 6) is -0.984. The van der Waals surface area contributed by atoms with Gasteiger partial charge in [-0.1, -0.05) is 67.1 Å². The van der Waals surface area contributed by atoms with Crippen LogP contribution in [-0.2, 0) is 32.6 Å². The highest BCUT2D eigenvalue weighted by molar-refractivity contribution is 7.92. The number of carbonyl (C=O) groups excluding carboxylic acids is 2. The third kappa shape index (κ3) is 9.57. The first-order valence-electron chi connectivity index (χ1n) is 13.6. The fraction of sp³-hybridized carbons (Fsp3) is 0.355. The number of hydrogen-bond donors (Lipinski definition) is 1. The predicted molar refractivity (Wildman–Crippen MR) is 162 cm³/mol. The molecule has 0 radical (unpaired) electrons. The molecule has 0 saturated carbocycles. The molecule has 3 rings (SSSR count). The van der Waals surface area contributed by atoms with Gasteiger partial charge in [0.15, 0.2) is 0 Å². The number of aryl methyl sites for hydroxylation is 1. The van der Waals surface area contributed by atoms with Crippen LogP contribution >= 0.6 is 11.6 Å². The van der Waals surface area contributed by atoms with Crippen molar-refractivity contribution in [1.82, 2.24) is 10.2 Å². The molecule has 3 aromatic rings. The molecular formula is C31H37ClFN3O4S. The minimum atomic E-state index is -3.66. The van der Waals surface area contributed by atoms with E-state index in [0.717, 1.165) is 23.8 Å². The Balaban J connectivity index is 1.88. The van der Waals surface area contributed by atoms with Crippen molar-refractivity contribution in [3.05, 3.63) is 100 Å². The molecule has 0 fully saturated rings. The van der Waals surface area contributed by atoms with Crippen LogP contribution in [0.4, 0.5) is 10.1 Å². The first kappa shape index (κ1) is 32.1. The summed E-state index contributed by atoms with van der Waals surface area (Å²) in [6, 6.07) is 19.5. The Morgan fingerprint density at radius 1 is 1.00 bits per heavy atom. The second-order valence-electron chi connectivity index (χ2n) is 10.0. The van der Waals surface area contributed by atoms with Crippen molar-refractivity contribution in [3.8, 4) is 0 Å². The number of hydrogen-bond acceptors (Lipinski definition) is 4. The topological polar surface area (TPSA) is 86.8 Å². The van der Waals surface area contributed by atoms with Gasteiger partial charge in [0, 0.05) is 37.5 Å². The van der Waals surface area contributed by atoms with Crippen LogP contribution in [0, 0.1) is 12.7 Å². The number of benzene rings is 3. The molecule has 2 amide bonds. The monoisotopic (exact) mass is 601 g/mol. The molecule has 41 heavy (non-hydrogen) atoms. The average Bonchev–Trinajstić information content (AvgIpc) is 2.94. The Morgan fingerprint density at radius 2 is 1.68 bits per heavy atom. The lowest BCUT2D eigenvalue weighted by molar-refractivity contribution is -0.141. The van der Waals surface area contributed by atoms with Gasteiger partial charge in [0.2, 0.25) is 21.8 Å². The predicted octanol–water partition coefficient (Wildman–Crippen LogP) is 5.50. The summed E-state index contributed by atoms with van der Waals surface area (Å²) in [6.45, 7) is 4.36. The van der Waals surface area contributed by atoms with E-state index >= 15 is 0 Å². The normalized spacial score (nSPS) is 12.0. The van der Waals surface area contributed by atoms with Crippen LogP contribution in [0.15, 0.2) is 72.8 Å². The summed E-state index contributed by atoms with van der Waals surface area (Å²) in [6.07, 6.45) is 2.36. The third-order valence-electron chi connectivity index (χ3n) is 6.68. The molecule has 0 aliphatic rings. The average molecular weight is 602 g/mol. The molecule has 10 heteroatoms. The lowest BCUT2D eigenvalue weighted by Crippen LogP contribution is -2.50. The first-order valence-corrected chi connectivity index (χ1v) is 15.8. The second-order valence-corrected chi connectivity index (χ2v) is 12.4. The smallest absolute Gasteiger partial charge is 0.243 e. The summed E-state index contributed by atoms with van der Waals surface area (Å²) < 4.78 is 40.2. The number of anilines is 1. The van der Waals surface area contributed by atoms with Crippen molar-refractivity contribution in [3.63, 3.8) is 0 Å². The van der Waals surface area contributed by atoms with Gasteiger partial charge in [-0.05, 0) is 60.7 Å². The van der Waals surface area contributed by atoms with E-state index in [1.165, 1.54) is 21.3 Å². The SMILES string of the molecule is CCCNC(=O)[C@@H](Cc1ccccc1)N(Cc1ccc(F)cc1)C(=O)CCCN(c1cc(Cl)ccc1C)S(C)(=O)=O. The molecule has 0 heterocycles. The fourth-order valence-electron chi connectivity index (χ4n) is 4.54. The van der Waals surface area contributed by atoms with Gasteiger partial charge in [-0.15, -0.1) is 0 Å². The van der Waals surface area contributed by atoms with Crippen molar-refractivity contribution < 1.29 is 22.4 Å². The molecular weight excluding hydrogens is 565 g/mol. The van der Waals surface area contributed by atoms with Crippen molar-refractivity contribution in [2.75, 3.05) is 23.7 Å². The zero-order valence-electron chi connectivity index (χ0n) is 23.6. The molecule has 0 spiro atoms. The quantitative estimate of drug-likeness (QED) is 0.264. The molecule has 0 aliphatic heterocycles. The van der Waals surface area contributed by atoms with Crippen LogP contribution in [0.25, 0.3) is 0 Å². The number of amides is 2. The van der Waals surface area contributed by atoms with Crippen LogP contribution in [0.2, 0.25) is 5.02 Å². The van der Waals surface area contributed by atoms with E-state index < -0.39 is 21.9 Å². The molecule has 7 nitrogen and oxygen atoms in total. The van der Waals surface area contributed by atoms with E-state index in [4.69, 9.17) is 11.6 Å². The molecule has 220 valence electrons. The lowest BCUT2D eigenvalue weighted by Gasteiger charge is -2.32.